The Morgan fingerprint density at radius 3 is 2.15 bits per heavy atom. The molecule has 2 N–H and O–H groups in total. The number of ether oxygens (including phenoxy) is 3. The van der Waals surface area contributed by atoms with E-state index in [1.807, 2.05) is 66.7 Å². The summed E-state index contributed by atoms with van der Waals surface area (Å²) in [5.41, 5.74) is 9.85. The minimum Gasteiger partial charge on any atom is -0.497 e. The van der Waals surface area contributed by atoms with Crippen molar-refractivity contribution < 1.29 is 32.2 Å². The fourth-order valence-corrected chi connectivity index (χ4v) is 4.77. The van der Waals surface area contributed by atoms with E-state index in [0.717, 1.165) is 22.3 Å². The van der Waals surface area contributed by atoms with Crippen molar-refractivity contribution in [2.75, 3.05) is 14.2 Å². The molecule has 0 saturated heterocycles. The van der Waals surface area contributed by atoms with Crippen LogP contribution in [0.5, 0.6) is 17.2 Å². The minimum atomic E-state index is -5.14. The van der Waals surface area contributed by atoms with Crippen LogP contribution in [0.25, 0.3) is 11.1 Å². The van der Waals surface area contributed by atoms with E-state index >= 15 is 0 Å². The Bertz CT molecular complexity index is 1580. The zero-order chi connectivity index (χ0) is 27.8. The van der Waals surface area contributed by atoms with Gasteiger partial charge in [0.2, 0.25) is 0 Å². The number of rotatable bonds is 6. The van der Waals surface area contributed by atoms with Gasteiger partial charge >= 0.3 is 12.1 Å². The Morgan fingerprint density at radius 2 is 1.46 bits per heavy atom. The highest BCUT2D eigenvalue weighted by Crippen LogP contribution is 2.47. The van der Waals surface area contributed by atoms with Gasteiger partial charge in [0, 0.05) is 11.6 Å². The molecule has 0 fully saturated rings. The fourth-order valence-electron chi connectivity index (χ4n) is 4.77. The molecule has 1 unspecified atom stereocenters. The molecule has 1 aliphatic rings. The van der Waals surface area contributed by atoms with Crippen LogP contribution < -0.4 is 19.9 Å². The standard InChI is InChI=1S/C30H23F3N2O4/c1-37-22-12-10-20(11-13-22)29(26-9-4-3-8-25(26)27(34)35-29)21-7-5-6-18(14-21)19-15-23(38-2)17-24(16-19)39-28(36)30(31,32)33/h3-17H,1-2H3,(H2,34,35). The second kappa shape index (κ2) is 9.83. The Morgan fingerprint density at radius 1 is 0.769 bits per heavy atom. The van der Waals surface area contributed by atoms with Crippen LogP contribution in [0.3, 0.4) is 0 Å². The number of methoxy groups -OCH3 is 2. The van der Waals surface area contributed by atoms with E-state index < -0.39 is 17.7 Å². The first kappa shape index (κ1) is 25.8. The monoisotopic (exact) mass is 532 g/mol. The first-order valence-electron chi connectivity index (χ1n) is 11.8. The van der Waals surface area contributed by atoms with Crippen molar-refractivity contribution in [1.82, 2.24) is 0 Å². The molecular formula is C30H23F3N2O4. The average molecular weight is 533 g/mol. The van der Waals surface area contributed by atoms with Crippen molar-refractivity contribution in [1.29, 1.82) is 0 Å². The van der Waals surface area contributed by atoms with Gasteiger partial charge in [-0.25, -0.2) is 9.79 Å². The molecule has 4 aromatic carbocycles. The molecule has 198 valence electrons. The van der Waals surface area contributed by atoms with E-state index in [4.69, 9.17) is 20.2 Å². The van der Waals surface area contributed by atoms with Crippen molar-refractivity contribution in [3.8, 4) is 28.4 Å². The van der Waals surface area contributed by atoms with Crippen molar-refractivity contribution in [3.05, 3.63) is 113 Å². The summed E-state index contributed by atoms with van der Waals surface area (Å²) in [5.74, 6) is -1.32. The topological polar surface area (TPSA) is 83.1 Å². The number of fused-ring (bicyclic) bond motifs is 1. The number of nitrogens with zero attached hydrogens (tertiary/aromatic N) is 1. The van der Waals surface area contributed by atoms with Crippen molar-refractivity contribution in [2.24, 2.45) is 10.7 Å². The van der Waals surface area contributed by atoms with E-state index in [2.05, 4.69) is 4.74 Å². The lowest BCUT2D eigenvalue weighted by Crippen LogP contribution is -2.28. The molecule has 0 spiro atoms. The Hall–Kier alpha value is -4.79. The van der Waals surface area contributed by atoms with E-state index in [0.29, 0.717) is 22.7 Å². The summed E-state index contributed by atoms with van der Waals surface area (Å²) in [6, 6.07) is 26.8. The highest BCUT2D eigenvalue weighted by atomic mass is 19.4. The predicted octanol–water partition coefficient (Wildman–Crippen LogP) is 5.85. The Labute approximate surface area is 222 Å². The lowest BCUT2D eigenvalue weighted by atomic mass is 9.77. The second-order valence-electron chi connectivity index (χ2n) is 8.85. The predicted molar refractivity (Wildman–Crippen MR) is 140 cm³/mol. The number of aliphatic imine (C=N–C) groups is 1. The molecule has 1 aliphatic heterocycles. The molecule has 0 amide bonds. The van der Waals surface area contributed by atoms with E-state index in [9.17, 15) is 18.0 Å². The van der Waals surface area contributed by atoms with E-state index in [1.54, 1.807) is 19.2 Å². The number of esters is 1. The highest BCUT2D eigenvalue weighted by molar-refractivity contribution is 6.03. The first-order valence-corrected chi connectivity index (χ1v) is 11.8. The van der Waals surface area contributed by atoms with Gasteiger partial charge in [0.05, 0.1) is 14.2 Å². The van der Waals surface area contributed by atoms with Gasteiger partial charge < -0.3 is 19.9 Å². The van der Waals surface area contributed by atoms with Crippen molar-refractivity contribution in [2.45, 2.75) is 11.7 Å². The summed E-state index contributed by atoms with van der Waals surface area (Å²) in [5, 5.41) is 0. The molecule has 9 heteroatoms. The van der Waals surface area contributed by atoms with Gasteiger partial charge in [0.1, 0.15) is 28.6 Å². The van der Waals surface area contributed by atoms with Gasteiger partial charge in [-0.3, -0.25) is 0 Å². The Kier molecular flexibility index (Phi) is 6.51. The maximum absolute atomic E-state index is 12.8. The molecule has 0 aliphatic carbocycles. The molecular weight excluding hydrogens is 509 g/mol. The zero-order valence-electron chi connectivity index (χ0n) is 21.0. The molecule has 5 rings (SSSR count). The SMILES string of the molecule is COc1ccc(C2(c3cccc(-c4cc(OC)cc(OC(=O)C(F)(F)F)c4)c3)N=C(N)c3ccccc32)cc1. The average Bonchev–Trinajstić information content (AvgIpc) is 3.25. The van der Waals surface area contributed by atoms with Crippen LogP contribution >= 0.6 is 0 Å². The first-order chi connectivity index (χ1) is 18.7. The summed E-state index contributed by atoms with van der Waals surface area (Å²) in [7, 11) is 2.96. The fraction of sp³-hybridized carbons (Fsp3) is 0.133. The lowest BCUT2D eigenvalue weighted by Gasteiger charge is -2.29. The summed E-state index contributed by atoms with van der Waals surface area (Å²) in [6.45, 7) is 0. The van der Waals surface area contributed by atoms with Crippen LogP contribution in [0.2, 0.25) is 0 Å². The maximum Gasteiger partial charge on any atom is 0.491 e. The van der Waals surface area contributed by atoms with E-state index in [-0.39, 0.29) is 11.5 Å². The zero-order valence-corrected chi connectivity index (χ0v) is 21.0. The molecule has 1 heterocycles. The largest absolute Gasteiger partial charge is 0.497 e. The molecule has 0 radical (unpaired) electrons. The number of hydrogen-bond donors (Lipinski definition) is 1. The quantitative estimate of drug-likeness (QED) is 0.249. The highest BCUT2D eigenvalue weighted by Gasteiger charge is 2.43. The van der Waals surface area contributed by atoms with Crippen LogP contribution in [-0.4, -0.2) is 32.2 Å². The van der Waals surface area contributed by atoms with Crippen molar-refractivity contribution >= 4 is 11.8 Å². The lowest BCUT2D eigenvalue weighted by molar-refractivity contribution is -0.189. The number of nitrogens with two attached hydrogens (primary N) is 1. The summed E-state index contributed by atoms with van der Waals surface area (Å²) >= 11 is 0. The number of benzene rings is 4. The van der Waals surface area contributed by atoms with Gasteiger partial charge in [-0.2, -0.15) is 13.2 Å². The molecule has 6 nitrogen and oxygen atoms in total. The van der Waals surface area contributed by atoms with Crippen LogP contribution in [0, 0.1) is 0 Å². The van der Waals surface area contributed by atoms with Gasteiger partial charge in [-0.1, -0.05) is 54.6 Å². The van der Waals surface area contributed by atoms with Gasteiger partial charge in [0.15, 0.2) is 0 Å². The molecule has 1 atom stereocenters. The van der Waals surface area contributed by atoms with Gasteiger partial charge in [-0.05, 0) is 58.1 Å². The number of alkyl halides is 3. The number of halogens is 3. The smallest absolute Gasteiger partial charge is 0.491 e. The third kappa shape index (κ3) is 4.67. The third-order valence-corrected chi connectivity index (χ3v) is 6.56. The third-order valence-electron chi connectivity index (χ3n) is 6.56. The van der Waals surface area contributed by atoms with Crippen molar-refractivity contribution in [3.63, 3.8) is 0 Å². The number of hydrogen-bond acceptors (Lipinski definition) is 6. The number of carbonyl (C=O) groups is 1. The van der Waals surface area contributed by atoms with E-state index in [1.165, 1.54) is 19.2 Å². The minimum absolute atomic E-state index is 0.223. The maximum atomic E-state index is 12.8. The Balaban J connectivity index is 1.67. The molecule has 0 aromatic heterocycles. The molecule has 0 bridgehead atoms. The normalized spacial score (nSPS) is 16.3. The number of carbonyl (C=O) groups excluding carboxylic acids is 1. The summed E-state index contributed by atoms with van der Waals surface area (Å²) in [4.78, 5) is 16.4. The second-order valence-corrected chi connectivity index (χ2v) is 8.85. The molecule has 39 heavy (non-hydrogen) atoms. The summed E-state index contributed by atoms with van der Waals surface area (Å²) < 4.78 is 53.7. The number of amidine groups is 1. The van der Waals surface area contributed by atoms with Gasteiger partial charge in [-0.15, -0.1) is 0 Å². The summed E-state index contributed by atoms with van der Waals surface area (Å²) in [6.07, 6.45) is -5.14. The molecule has 4 aromatic rings. The van der Waals surface area contributed by atoms with Crippen LogP contribution in [0.1, 0.15) is 22.3 Å². The van der Waals surface area contributed by atoms with Gasteiger partial charge in [0.25, 0.3) is 0 Å². The van der Waals surface area contributed by atoms with Crippen LogP contribution in [0.4, 0.5) is 13.2 Å². The van der Waals surface area contributed by atoms with Crippen LogP contribution in [0.15, 0.2) is 96.0 Å². The molecule has 0 saturated carbocycles. The van der Waals surface area contributed by atoms with Crippen LogP contribution in [-0.2, 0) is 10.3 Å².